The normalized spacial score (nSPS) is 10.3. The van der Waals surface area contributed by atoms with Crippen molar-refractivity contribution >= 4 is 17.3 Å². The minimum Gasteiger partial charge on any atom is -0.481 e. The fourth-order valence-corrected chi connectivity index (χ4v) is 1.67. The Balaban J connectivity index is 2.56. The van der Waals surface area contributed by atoms with Crippen molar-refractivity contribution < 1.29 is 9.13 Å². The molecule has 0 atom stereocenters. The van der Waals surface area contributed by atoms with E-state index in [1.807, 2.05) is 0 Å². The molecule has 17 heavy (non-hydrogen) atoms. The maximum absolute atomic E-state index is 13.2. The van der Waals surface area contributed by atoms with E-state index in [1.54, 1.807) is 24.4 Å². The van der Waals surface area contributed by atoms with Crippen LogP contribution in [-0.4, -0.2) is 12.1 Å². The van der Waals surface area contributed by atoms with Crippen LogP contribution in [0.2, 0.25) is 5.02 Å². The second kappa shape index (κ2) is 4.59. The minimum absolute atomic E-state index is 0.0710. The molecule has 2 N–H and O–H groups in total. The van der Waals surface area contributed by atoms with Gasteiger partial charge >= 0.3 is 0 Å². The molecule has 0 amide bonds. The summed E-state index contributed by atoms with van der Waals surface area (Å²) in [6, 6.07) is 6.31. The van der Waals surface area contributed by atoms with Crippen molar-refractivity contribution in [3.63, 3.8) is 0 Å². The van der Waals surface area contributed by atoms with Crippen molar-refractivity contribution in [1.82, 2.24) is 4.98 Å². The maximum atomic E-state index is 13.2. The molecule has 0 spiro atoms. The lowest BCUT2D eigenvalue weighted by Crippen LogP contribution is -1.95. The van der Waals surface area contributed by atoms with E-state index >= 15 is 0 Å². The summed E-state index contributed by atoms with van der Waals surface area (Å²) in [6.45, 7) is 0. The van der Waals surface area contributed by atoms with Crippen molar-refractivity contribution in [2.24, 2.45) is 0 Å². The third-order valence-electron chi connectivity index (χ3n) is 2.39. The number of rotatable bonds is 2. The maximum Gasteiger partial charge on any atom is 0.213 e. The monoisotopic (exact) mass is 252 g/mol. The second-order valence-electron chi connectivity index (χ2n) is 3.41. The van der Waals surface area contributed by atoms with E-state index in [2.05, 4.69) is 4.98 Å². The molecule has 1 aromatic heterocycles. The smallest absolute Gasteiger partial charge is 0.213 e. The van der Waals surface area contributed by atoms with Crippen LogP contribution < -0.4 is 10.5 Å². The topological polar surface area (TPSA) is 48.1 Å². The SMILES string of the molecule is COc1cc(-c2ccc(F)c(Cl)c2N)ccn1. The van der Waals surface area contributed by atoms with E-state index < -0.39 is 5.82 Å². The molecule has 1 heterocycles. The van der Waals surface area contributed by atoms with Gasteiger partial charge in [-0.2, -0.15) is 0 Å². The third-order valence-corrected chi connectivity index (χ3v) is 2.77. The van der Waals surface area contributed by atoms with Crippen LogP contribution in [-0.2, 0) is 0 Å². The predicted molar refractivity (Wildman–Crippen MR) is 65.6 cm³/mol. The number of nitrogens with two attached hydrogens (primary N) is 1. The van der Waals surface area contributed by atoms with Crippen LogP contribution in [0.25, 0.3) is 11.1 Å². The zero-order valence-corrected chi connectivity index (χ0v) is 9.83. The van der Waals surface area contributed by atoms with Crippen molar-refractivity contribution in [3.05, 3.63) is 41.3 Å². The lowest BCUT2D eigenvalue weighted by Gasteiger charge is -2.09. The van der Waals surface area contributed by atoms with Crippen LogP contribution in [0.4, 0.5) is 10.1 Å². The van der Waals surface area contributed by atoms with E-state index in [-0.39, 0.29) is 10.7 Å². The fraction of sp³-hybridized carbons (Fsp3) is 0.0833. The minimum atomic E-state index is -0.533. The van der Waals surface area contributed by atoms with Gasteiger partial charge in [-0.15, -0.1) is 0 Å². The Hall–Kier alpha value is -1.81. The Bertz CT molecular complexity index is 560. The van der Waals surface area contributed by atoms with Gasteiger partial charge in [0.05, 0.1) is 17.8 Å². The number of pyridine rings is 1. The fourth-order valence-electron chi connectivity index (χ4n) is 1.51. The second-order valence-corrected chi connectivity index (χ2v) is 3.79. The summed E-state index contributed by atoms with van der Waals surface area (Å²) in [7, 11) is 1.52. The molecule has 0 aliphatic heterocycles. The molecule has 0 aliphatic carbocycles. The third kappa shape index (κ3) is 2.17. The molecule has 5 heteroatoms. The summed E-state index contributed by atoms with van der Waals surface area (Å²) in [5.41, 5.74) is 7.41. The summed E-state index contributed by atoms with van der Waals surface area (Å²) in [6.07, 6.45) is 1.59. The first-order chi connectivity index (χ1) is 8.13. The predicted octanol–water partition coefficient (Wildman–Crippen LogP) is 3.13. The van der Waals surface area contributed by atoms with E-state index in [0.717, 1.165) is 5.56 Å². The molecule has 3 nitrogen and oxygen atoms in total. The molecule has 0 saturated heterocycles. The number of aromatic nitrogens is 1. The molecule has 2 aromatic rings. The largest absolute Gasteiger partial charge is 0.481 e. The van der Waals surface area contributed by atoms with Crippen LogP contribution in [0.15, 0.2) is 30.5 Å². The number of hydrogen-bond acceptors (Lipinski definition) is 3. The highest BCUT2D eigenvalue weighted by atomic mass is 35.5. The number of halogens is 2. The molecular weight excluding hydrogens is 243 g/mol. The van der Waals surface area contributed by atoms with Crippen LogP contribution in [0, 0.1) is 5.82 Å². The highest BCUT2D eigenvalue weighted by Crippen LogP contribution is 2.34. The van der Waals surface area contributed by atoms with Crippen molar-refractivity contribution in [2.45, 2.75) is 0 Å². The molecule has 0 fully saturated rings. The number of nitrogen functional groups attached to an aromatic ring is 1. The van der Waals surface area contributed by atoms with E-state index in [1.165, 1.54) is 13.2 Å². The van der Waals surface area contributed by atoms with Gasteiger partial charge in [0.25, 0.3) is 0 Å². The van der Waals surface area contributed by atoms with Gasteiger partial charge in [0, 0.05) is 17.8 Å². The first-order valence-corrected chi connectivity index (χ1v) is 5.25. The van der Waals surface area contributed by atoms with Crippen molar-refractivity contribution in [2.75, 3.05) is 12.8 Å². The average molecular weight is 253 g/mol. The van der Waals surface area contributed by atoms with Gasteiger partial charge in [-0.25, -0.2) is 9.37 Å². The average Bonchev–Trinajstić information content (AvgIpc) is 2.36. The molecule has 88 valence electrons. The van der Waals surface area contributed by atoms with Crippen molar-refractivity contribution in [3.8, 4) is 17.0 Å². The zero-order valence-electron chi connectivity index (χ0n) is 9.08. The summed E-state index contributed by atoms with van der Waals surface area (Å²) in [5.74, 6) is -0.0729. The van der Waals surface area contributed by atoms with E-state index in [9.17, 15) is 4.39 Å². The summed E-state index contributed by atoms with van der Waals surface area (Å²) < 4.78 is 18.2. The quantitative estimate of drug-likeness (QED) is 0.836. The van der Waals surface area contributed by atoms with Gasteiger partial charge in [-0.05, 0) is 23.8 Å². The highest BCUT2D eigenvalue weighted by molar-refractivity contribution is 6.33. The molecular formula is C12H10ClFN2O. The molecule has 2 rings (SSSR count). The number of hydrogen-bond donors (Lipinski definition) is 1. The number of anilines is 1. The summed E-state index contributed by atoms with van der Waals surface area (Å²) in [5, 5.41) is -0.0710. The Morgan fingerprint density at radius 1 is 1.35 bits per heavy atom. The van der Waals surface area contributed by atoms with Crippen LogP contribution in [0.3, 0.4) is 0 Å². The van der Waals surface area contributed by atoms with Crippen molar-refractivity contribution in [1.29, 1.82) is 0 Å². The summed E-state index contributed by atoms with van der Waals surface area (Å²) in [4.78, 5) is 3.98. The lowest BCUT2D eigenvalue weighted by atomic mass is 10.1. The Morgan fingerprint density at radius 2 is 2.12 bits per heavy atom. The van der Waals surface area contributed by atoms with Crippen LogP contribution in [0.5, 0.6) is 5.88 Å². The van der Waals surface area contributed by atoms with Gasteiger partial charge in [0.1, 0.15) is 5.82 Å². The number of ether oxygens (including phenoxy) is 1. The van der Waals surface area contributed by atoms with Gasteiger partial charge in [0.2, 0.25) is 5.88 Å². The van der Waals surface area contributed by atoms with E-state index in [0.29, 0.717) is 11.4 Å². The van der Waals surface area contributed by atoms with Gasteiger partial charge in [-0.1, -0.05) is 11.6 Å². The Kier molecular flexibility index (Phi) is 3.15. The molecule has 1 aromatic carbocycles. The van der Waals surface area contributed by atoms with Gasteiger partial charge < -0.3 is 10.5 Å². The Labute approximate surface area is 103 Å². The number of benzene rings is 1. The zero-order chi connectivity index (χ0) is 12.4. The van der Waals surface area contributed by atoms with Gasteiger partial charge in [0.15, 0.2) is 0 Å². The van der Waals surface area contributed by atoms with Crippen LogP contribution in [0.1, 0.15) is 0 Å². The Morgan fingerprint density at radius 3 is 2.82 bits per heavy atom. The van der Waals surface area contributed by atoms with Gasteiger partial charge in [-0.3, -0.25) is 0 Å². The molecule has 0 unspecified atom stereocenters. The molecule has 0 bridgehead atoms. The van der Waals surface area contributed by atoms with E-state index in [4.69, 9.17) is 22.1 Å². The number of nitrogens with zero attached hydrogens (tertiary/aromatic N) is 1. The number of methoxy groups -OCH3 is 1. The molecule has 0 radical (unpaired) electrons. The first kappa shape index (κ1) is 11.7. The first-order valence-electron chi connectivity index (χ1n) is 4.87. The summed E-state index contributed by atoms with van der Waals surface area (Å²) >= 11 is 5.76. The molecule has 0 aliphatic rings. The standard InChI is InChI=1S/C12H10ClFN2O/c1-17-10-6-7(4-5-16-10)8-2-3-9(14)11(13)12(8)15/h2-6H,15H2,1H3. The molecule has 0 saturated carbocycles. The highest BCUT2D eigenvalue weighted by Gasteiger charge is 2.11. The lowest BCUT2D eigenvalue weighted by molar-refractivity contribution is 0.398. The van der Waals surface area contributed by atoms with Crippen LogP contribution >= 0.6 is 11.6 Å².